The SMILES string of the molecule is CCNC(=O)c1ccc(N)c(N2CCC(C)C2)c1. The van der Waals surface area contributed by atoms with Crippen LogP contribution in [0.5, 0.6) is 0 Å². The second kappa shape index (κ2) is 5.29. The van der Waals surface area contributed by atoms with Crippen molar-refractivity contribution in [2.24, 2.45) is 5.92 Å². The van der Waals surface area contributed by atoms with Crippen LogP contribution in [0, 0.1) is 5.92 Å². The van der Waals surface area contributed by atoms with E-state index in [1.165, 1.54) is 6.42 Å². The van der Waals surface area contributed by atoms with Crippen LogP contribution in [0.3, 0.4) is 0 Å². The molecule has 1 amide bonds. The van der Waals surface area contributed by atoms with E-state index in [9.17, 15) is 4.79 Å². The van der Waals surface area contributed by atoms with Gasteiger partial charge in [0, 0.05) is 25.2 Å². The van der Waals surface area contributed by atoms with Gasteiger partial charge in [-0.2, -0.15) is 0 Å². The first-order valence-corrected chi connectivity index (χ1v) is 6.54. The Labute approximate surface area is 108 Å². The topological polar surface area (TPSA) is 58.4 Å². The van der Waals surface area contributed by atoms with Gasteiger partial charge in [-0.1, -0.05) is 6.92 Å². The van der Waals surface area contributed by atoms with Crippen LogP contribution in [0.1, 0.15) is 30.6 Å². The van der Waals surface area contributed by atoms with E-state index in [4.69, 9.17) is 5.73 Å². The van der Waals surface area contributed by atoms with Gasteiger partial charge in [0.05, 0.1) is 11.4 Å². The third-order valence-corrected chi connectivity index (χ3v) is 3.39. The lowest BCUT2D eigenvalue weighted by atomic mass is 10.1. The standard InChI is InChI=1S/C14H21N3O/c1-3-16-14(18)11-4-5-12(15)13(8-11)17-7-6-10(2)9-17/h4-5,8,10H,3,6-7,9,15H2,1-2H3,(H,16,18). The predicted molar refractivity (Wildman–Crippen MR) is 74.9 cm³/mol. The van der Waals surface area contributed by atoms with Gasteiger partial charge in [-0.05, 0) is 37.5 Å². The summed E-state index contributed by atoms with van der Waals surface area (Å²) in [6.45, 7) is 6.83. The quantitative estimate of drug-likeness (QED) is 0.802. The molecule has 1 aliphatic rings. The number of nitrogens with zero attached hydrogens (tertiary/aromatic N) is 1. The van der Waals surface area contributed by atoms with Crippen molar-refractivity contribution in [2.45, 2.75) is 20.3 Å². The summed E-state index contributed by atoms with van der Waals surface area (Å²) in [5.74, 6) is 0.656. The van der Waals surface area contributed by atoms with Crippen molar-refractivity contribution in [1.82, 2.24) is 5.32 Å². The molecule has 0 aliphatic carbocycles. The third kappa shape index (κ3) is 2.58. The fourth-order valence-electron chi connectivity index (χ4n) is 2.38. The summed E-state index contributed by atoms with van der Waals surface area (Å²) in [5.41, 5.74) is 8.43. The minimum Gasteiger partial charge on any atom is -0.397 e. The summed E-state index contributed by atoms with van der Waals surface area (Å²) in [6, 6.07) is 5.50. The van der Waals surface area contributed by atoms with Crippen LogP contribution >= 0.6 is 0 Å². The van der Waals surface area contributed by atoms with Crippen LogP contribution in [-0.4, -0.2) is 25.5 Å². The zero-order valence-electron chi connectivity index (χ0n) is 11.1. The van der Waals surface area contributed by atoms with E-state index in [0.29, 0.717) is 18.0 Å². The lowest BCUT2D eigenvalue weighted by Gasteiger charge is -2.21. The van der Waals surface area contributed by atoms with Crippen LogP contribution in [0.4, 0.5) is 11.4 Å². The van der Waals surface area contributed by atoms with Gasteiger partial charge in [0.25, 0.3) is 5.91 Å². The lowest BCUT2D eigenvalue weighted by molar-refractivity contribution is 0.0956. The molecule has 2 rings (SSSR count). The highest BCUT2D eigenvalue weighted by Gasteiger charge is 2.21. The van der Waals surface area contributed by atoms with Gasteiger partial charge in [0.2, 0.25) is 0 Å². The number of hydrogen-bond acceptors (Lipinski definition) is 3. The maximum atomic E-state index is 11.8. The Bertz CT molecular complexity index is 445. The van der Waals surface area contributed by atoms with Crippen molar-refractivity contribution >= 4 is 17.3 Å². The van der Waals surface area contributed by atoms with Gasteiger partial charge in [-0.15, -0.1) is 0 Å². The molecule has 1 aromatic carbocycles. The highest BCUT2D eigenvalue weighted by molar-refractivity contribution is 5.96. The highest BCUT2D eigenvalue weighted by Crippen LogP contribution is 2.29. The molecule has 18 heavy (non-hydrogen) atoms. The van der Waals surface area contributed by atoms with Crippen molar-refractivity contribution in [3.05, 3.63) is 23.8 Å². The molecule has 1 aromatic rings. The number of nitrogens with one attached hydrogen (secondary N) is 1. The van der Waals surface area contributed by atoms with E-state index < -0.39 is 0 Å². The molecule has 1 saturated heterocycles. The molecule has 1 atom stereocenters. The van der Waals surface area contributed by atoms with Crippen molar-refractivity contribution in [2.75, 3.05) is 30.3 Å². The largest absolute Gasteiger partial charge is 0.397 e. The first-order chi connectivity index (χ1) is 8.61. The van der Waals surface area contributed by atoms with E-state index in [2.05, 4.69) is 17.1 Å². The van der Waals surface area contributed by atoms with Crippen molar-refractivity contribution in [3.8, 4) is 0 Å². The molecule has 0 bridgehead atoms. The number of hydrogen-bond donors (Lipinski definition) is 2. The molecule has 4 nitrogen and oxygen atoms in total. The molecule has 1 aliphatic heterocycles. The number of carbonyl (C=O) groups excluding carboxylic acids is 1. The molecule has 0 aromatic heterocycles. The second-order valence-electron chi connectivity index (χ2n) is 4.97. The highest BCUT2D eigenvalue weighted by atomic mass is 16.1. The molecule has 98 valence electrons. The lowest BCUT2D eigenvalue weighted by Crippen LogP contribution is -2.24. The molecule has 0 radical (unpaired) electrons. The Morgan fingerprint density at radius 3 is 2.94 bits per heavy atom. The molecule has 0 spiro atoms. The average Bonchev–Trinajstić information content (AvgIpc) is 2.76. The summed E-state index contributed by atoms with van der Waals surface area (Å²) < 4.78 is 0. The van der Waals surface area contributed by atoms with Crippen LogP contribution in [-0.2, 0) is 0 Å². The number of nitrogen functional groups attached to an aromatic ring is 1. The number of amides is 1. The summed E-state index contributed by atoms with van der Waals surface area (Å²) in [7, 11) is 0. The fraction of sp³-hybridized carbons (Fsp3) is 0.500. The fourth-order valence-corrected chi connectivity index (χ4v) is 2.38. The van der Waals surface area contributed by atoms with E-state index >= 15 is 0 Å². The van der Waals surface area contributed by atoms with Crippen LogP contribution in [0.15, 0.2) is 18.2 Å². The minimum atomic E-state index is -0.0361. The number of anilines is 2. The number of rotatable bonds is 3. The normalized spacial score (nSPS) is 19.0. The summed E-state index contributed by atoms with van der Waals surface area (Å²) in [5, 5.41) is 2.81. The van der Waals surface area contributed by atoms with E-state index in [-0.39, 0.29) is 5.91 Å². The smallest absolute Gasteiger partial charge is 0.251 e. The Hall–Kier alpha value is -1.71. The molecule has 1 heterocycles. The molecular weight excluding hydrogens is 226 g/mol. The van der Waals surface area contributed by atoms with Crippen LogP contribution < -0.4 is 16.0 Å². The zero-order chi connectivity index (χ0) is 13.1. The summed E-state index contributed by atoms with van der Waals surface area (Å²) >= 11 is 0. The van der Waals surface area contributed by atoms with Crippen molar-refractivity contribution in [1.29, 1.82) is 0 Å². The van der Waals surface area contributed by atoms with Gasteiger partial charge in [0.15, 0.2) is 0 Å². The zero-order valence-corrected chi connectivity index (χ0v) is 11.1. The number of carbonyl (C=O) groups is 1. The molecule has 4 heteroatoms. The third-order valence-electron chi connectivity index (χ3n) is 3.39. The maximum Gasteiger partial charge on any atom is 0.251 e. The van der Waals surface area contributed by atoms with E-state index in [0.717, 1.165) is 24.5 Å². The van der Waals surface area contributed by atoms with Gasteiger partial charge in [-0.25, -0.2) is 0 Å². The average molecular weight is 247 g/mol. The Kier molecular flexibility index (Phi) is 3.75. The van der Waals surface area contributed by atoms with Crippen LogP contribution in [0.2, 0.25) is 0 Å². The Morgan fingerprint density at radius 2 is 2.33 bits per heavy atom. The van der Waals surface area contributed by atoms with Gasteiger partial charge >= 0.3 is 0 Å². The van der Waals surface area contributed by atoms with Gasteiger partial charge < -0.3 is 16.0 Å². The van der Waals surface area contributed by atoms with Crippen molar-refractivity contribution < 1.29 is 4.79 Å². The van der Waals surface area contributed by atoms with Crippen molar-refractivity contribution in [3.63, 3.8) is 0 Å². The molecular formula is C14H21N3O. The maximum absolute atomic E-state index is 11.8. The first kappa shape index (κ1) is 12.7. The number of nitrogens with two attached hydrogens (primary N) is 1. The van der Waals surface area contributed by atoms with Gasteiger partial charge in [0.1, 0.15) is 0 Å². The Balaban J connectivity index is 2.24. The summed E-state index contributed by atoms with van der Waals surface area (Å²) in [4.78, 5) is 14.1. The molecule has 3 N–H and O–H groups in total. The van der Waals surface area contributed by atoms with E-state index in [1.807, 2.05) is 19.1 Å². The second-order valence-corrected chi connectivity index (χ2v) is 4.97. The molecule has 0 saturated carbocycles. The van der Waals surface area contributed by atoms with Crippen LogP contribution in [0.25, 0.3) is 0 Å². The minimum absolute atomic E-state index is 0.0361. The first-order valence-electron chi connectivity index (χ1n) is 6.54. The molecule has 1 fully saturated rings. The molecule has 1 unspecified atom stereocenters. The summed E-state index contributed by atoms with van der Waals surface area (Å²) in [6.07, 6.45) is 1.19. The Morgan fingerprint density at radius 1 is 1.56 bits per heavy atom. The van der Waals surface area contributed by atoms with Gasteiger partial charge in [-0.3, -0.25) is 4.79 Å². The number of benzene rings is 1. The monoisotopic (exact) mass is 247 g/mol. The van der Waals surface area contributed by atoms with E-state index in [1.54, 1.807) is 6.07 Å². The predicted octanol–water partition coefficient (Wildman–Crippen LogP) is 1.86.